The highest BCUT2D eigenvalue weighted by Crippen LogP contribution is 2.52. The average molecular weight is 462 g/mol. The van der Waals surface area contributed by atoms with Crippen molar-refractivity contribution in [2.24, 2.45) is 5.92 Å². The number of hydrogen-bond donors (Lipinski definition) is 0. The lowest BCUT2D eigenvalue weighted by molar-refractivity contribution is -0.124. The van der Waals surface area contributed by atoms with E-state index in [1.165, 1.54) is 6.07 Å². The minimum Gasteiger partial charge on any atom is -0.491 e. The van der Waals surface area contributed by atoms with Crippen molar-refractivity contribution in [3.8, 4) is 5.75 Å². The summed E-state index contributed by atoms with van der Waals surface area (Å²) in [4.78, 5) is 31.4. The third-order valence-electron chi connectivity index (χ3n) is 7.20. The monoisotopic (exact) mass is 461 g/mol. The molecule has 3 heterocycles. The summed E-state index contributed by atoms with van der Waals surface area (Å²) in [6, 6.07) is 3.05. The molecule has 0 aliphatic carbocycles. The number of benzene rings is 1. The van der Waals surface area contributed by atoms with Crippen LogP contribution < -0.4 is 9.64 Å². The summed E-state index contributed by atoms with van der Waals surface area (Å²) < 4.78 is 26.9. The van der Waals surface area contributed by atoms with Crippen molar-refractivity contribution in [2.45, 2.75) is 57.5 Å². The molecule has 1 spiro atoms. The van der Waals surface area contributed by atoms with Gasteiger partial charge in [-0.2, -0.15) is 0 Å². The fourth-order valence-electron chi connectivity index (χ4n) is 5.28. The lowest BCUT2D eigenvalue weighted by Gasteiger charge is -2.38. The largest absolute Gasteiger partial charge is 0.491 e. The second-order valence-corrected chi connectivity index (χ2v) is 10.7. The molecule has 8 heteroatoms. The van der Waals surface area contributed by atoms with Crippen molar-refractivity contribution in [2.75, 3.05) is 51.8 Å². The van der Waals surface area contributed by atoms with Crippen LogP contribution >= 0.6 is 0 Å². The highest BCUT2D eigenvalue weighted by Gasteiger charge is 2.54. The highest BCUT2D eigenvalue weighted by atomic mass is 19.1. The molecule has 0 bridgehead atoms. The van der Waals surface area contributed by atoms with Gasteiger partial charge in [-0.25, -0.2) is 9.18 Å². The second kappa shape index (κ2) is 8.78. The maximum absolute atomic E-state index is 15.2. The van der Waals surface area contributed by atoms with E-state index in [0.29, 0.717) is 55.5 Å². The van der Waals surface area contributed by atoms with Gasteiger partial charge in [0.15, 0.2) is 0 Å². The number of rotatable bonds is 3. The zero-order chi connectivity index (χ0) is 24.0. The molecule has 2 fully saturated rings. The fourth-order valence-corrected chi connectivity index (χ4v) is 5.28. The summed E-state index contributed by atoms with van der Waals surface area (Å²) in [5.41, 5.74) is -0.605. The van der Waals surface area contributed by atoms with Crippen LogP contribution in [-0.4, -0.2) is 74.3 Å². The number of likely N-dealkylation sites (N-methyl/N-ethyl adjacent to an activating group) is 1. The summed E-state index contributed by atoms with van der Waals surface area (Å²) in [5.74, 6) is 0.499. The molecule has 182 valence electrons. The zero-order valence-electron chi connectivity index (χ0n) is 20.4. The molecule has 1 aromatic carbocycles. The van der Waals surface area contributed by atoms with Crippen LogP contribution in [0.15, 0.2) is 12.1 Å². The van der Waals surface area contributed by atoms with Crippen molar-refractivity contribution in [3.05, 3.63) is 23.5 Å². The van der Waals surface area contributed by atoms with Crippen LogP contribution in [0.2, 0.25) is 0 Å². The lowest BCUT2D eigenvalue weighted by Crippen LogP contribution is -2.50. The van der Waals surface area contributed by atoms with Gasteiger partial charge < -0.3 is 24.2 Å². The van der Waals surface area contributed by atoms with Crippen molar-refractivity contribution in [3.63, 3.8) is 0 Å². The number of fused-ring (bicyclic) bond motifs is 2. The number of anilines is 1. The molecular formula is C25H36FN3O4. The Morgan fingerprint density at radius 1 is 1.12 bits per heavy atom. The molecule has 0 atom stereocenters. The number of nitrogens with zero attached hydrogens (tertiary/aromatic N) is 3. The lowest BCUT2D eigenvalue weighted by atomic mass is 9.73. The number of carbonyl (C=O) groups excluding carboxylic acids is 2. The number of piperidine rings is 2. The smallest absolute Gasteiger partial charge is 0.410 e. The highest BCUT2D eigenvalue weighted by molar-refractivity contribution is 6.09. The van der Waals surface area contributed by atoms with Gasteiger partial charge in [-0.15, -0.1) is 0 Å². The van der Waals surface area contributed by atoms with E-state index in [-0.39, 0.29) is 11.7 Å². The number of likely N-dealkylation sites (tertiary alicyclic amines) is 2. The summed E-state index contributed by atoms with van der Waals surface area (Å²) >= 11 is 0. The van der Waals surface area contributed by atoms with E-state index in [1.807, 2.05) is 20.8 Å². The quantitative estimate of drug-likeness (QED) is 0.685. The van der Waals surface area contributed by atoms with E-state index in [4.69, 9.17) is 9.47 Å². The fraction of sp³-hybridized carbons (Fsp3) is 0.680. The maximum Gasteiger partial charge on any atom is 0.410 e. The third-order valence-corrected chi connectivity index (χ3v) is 7.20. The van der Waals surface area contributed by atoms with Crippen molar-refractivity contribution in [1.82, 2.24) is 9.80 Å². The first-order valence-electron chi connectivity index (χ1n) is 11.9. The van der Waals surface area contributed by atoms with Gasteiger partial charge in [-0.1, -0.05) is 0 Å². The van der Waals surface area contributed by atoms with E-state index in [2.05, 4.69) is 11.9 Å². The van der Waals surface area contributed by atoms with Gasteiger partial charge in [0.2, 0.25) is 5.91 Å². The molecule has 0 saturated carbocycles. The summed E-state index contributed by atoms with van der Waals surface area (Å²) in [6.07, 6.45) is 2.46. The first-order chi connectivity index (χ1) is 15.5. The number of ether oxygens (including phenoxy) is 2. The molecule has 1 aromatic rings. The zero-order valence-corrected chi connectivity index (χ0v) is 20.4. The molecule has 2 amide bonds. The first kappa shape index (κ1) is 23.8. The Balaban J connectivity index is 1.53. The second-order valence-electron chi connectivity index (χ2n) is 10.7. The molecule has 0 N–H and O–H groups in total. The maximum atomic E-state index is 15.2. The normalized spacial score (nSPS) is 21.5. The first-order valence-corrected chi connectivity index (χ1v) is 11.9. The van der Waals surface area contributed by atoms with Gasteiger partial charge in [0.05, 0.1) is 17.7 Å². The van der Waals surface area contributed by atoms with Crippen LogP contribution in [0, 0.1) is 11.7 Å². The van der Waals surface area contributed by atoms with Crippen molar-refractivity contribution in [1.29, 1.82) is 0 Å². The topological polar surface area (TPSA) is 62.3 Å². The Morgan fingerprint density at radius 3 is 2.36 bits per heavy atom. The number of carbonyl (C=O) groups is 2. The number of hydrogen-bond acceptors (Lipinski definition) is 5. The van der Waals surface area contributed by atoms with Gasteiger partial charge in [-0.3, -0.25) is 4.79 Å². The van der Waals surface area contributed by atoms with E-state index >= 15 is 4.39 Å². The van der Waals surface area contributed by atoms with Crippen LogP contribution in [0.3, 0.4) is 0 Å². The molecule has 0 aromatic heterocycles. The minimum absolute atomic E-state index is 0.129. The van der Waals surface area contributed by atoms with E-state index in [1.54, 1.807) is 22.9 Å². The Hall–Kier alpha value is -2.35. The Bertz CT molecular complexity index is 913. The molecule has 33 heavy (non-hydrogen) atoms. The third kappa shape index (κ3) is 4.54. The SMILES string of the molecule is CN1CCC(COc2ccc(F)c3c2N(C)C(=O)C32CCN(C(=O)OC(C)(C)C)CC2)CC1. The molecule has 7 nitrogen and oxygen atoms in total. The molecule has 0 unspecified atom stereocenters. The van der Waals surface area contributed by atoms with Gasteiger partial charge in [0, 0.05) is 25.7 Å². The molecule has 3 aliphatic rings. The molecular weight excluding hydrogens is 425 g/mol. The Kier molecular flexibility index (Phi) is 6.33. The molecule has 2 saturated heterocycles. The van der Waals surface area contributed by atoms with Crippen molar-refractivity contribution >= 4 is 17.7 Å². The number of halogens is 1. The van der Waals surface area contributed by atoms with E-state index in [9.17, 15) is 9.59 Å². The van der Waals surface area contributed by atoms with Gasteiger partial charge in [-0.05, 0) is 84.6 Å². The van der Waals surface area contributed by atoms with Crippen LogP contribution in [0.25, 0.3) is 0 Å². The molecule has 0 radical (unpaired) electrons. The summed E-state index contributed by atoms with van der Waals surface area (Å²) in [5, 5.41) is 0. The van der Waals surface area contributed by atoms with Crippen LogP contribution in [0.5, 0.6) is 5.75 Å². The standard InChI is InChI=1S/C25H36FN3O4/c1-24(2,3)33-23(31)29-14-10-25(11-15-29)20-18(26)6-7-19(21(20)28(5)22(25)30)32-16-17-8-12-27(4)13-9-17/h6-7,17H,8-16H2,1-5H3. The van der Waals surface area contributed by atoms with E-state index in [0.717, 1.165) is 25.9 Å². The molecule has 4 rings (SSSR count). The Morgan fingerprint density at radius 2 is 1.76 bits per heavy atom. The summed E-state index contributed by atoms with van der Waals surface area (Å²) in [7, 11) is 3.82. The predicted octanol–water partition coefficient (Wildman–Crippen LogP) is 3.79. The predicted molar refractivity (Wildman–Crippen MR) is 124 cm³/mol. The average Bonchev–Trinajstić information content (AvgIpc) is 2.97. The van der Waals surface area contributed by atoms with E-state index < -0.39 is 17.1 Å². The Labute approximate surface area is 195 Å². The van der Waals surface area contributed by atoms with Gasteiger partial charge >= 0.3 is 6.09 Å². The van der Waals surface area contributed by atoms with Crippen molar-refractivity contribution < 1.29 is 23.5 Å². The molecule has 3 aliphatic heterocycles. The number of amides is 2. The van der Waals surface area contributed by atoms with Gasteiger partial charge in [0.25, 0.3) is 0 Å². The van der Waals surface area contributed by atoms with Crippen LogP contribution in [-0.2, 0) is 14.9 Å². The minimum atomic E-state index is -0.973. The summed E-state index contributed by atoms with van der Waals surface area (Å²) in [6.45, 7) is 8.81. The van der Waals surface area contributed by atoms with Gasteiger partial charge in [0.1, 0.15) is 17.2 Å². The van der Waals surface area contributed by atoms with Crippen LogP contribution in [0.1, 0.15) is 52.0 Å². The van der Waals surface area contributed by atoms with Crippen LogP contribution in [0.4, 0.5) is 14.9 Å².